The molecule has 2 saturated carbocycles. The van der Waals surface area contributed by atoms with Crippen LogP contribution in [-0.2, 0) is 9.59 Å². The summed E-state index contributed by atoms with van der Waals surface area (Å²) >= 11 is 0. The summed E-state index contributed by atoms with van der Waals surface area (Å²) in [4.78, 5) is 24.9. The van der Waals surface area contributed by atoms with Crippen LogP contribution >= 0.6 is 0 Å². The van der Waals surface area contributed by atoms with Crippen molar-refractivity contribution in [3.63, 3.8) is 0 Å². The van der Waals surface area contributed by atoms with Gasteiger partial charge in [-0.15, -0.1) is 0 Å². The monoisotopic (exact) mass is 373 g/mol. The number of ether oxygens (including phenoxy) is 2. The van der Waals surface area contributed by atoms with Crippen LogP contribution in [0.25, 0.3) is 0 Å². The lowest BCUT2D eigenvalue weighted by Gasteiger charge is -2.29. The lowest BCUT2D eigenvalue weighted by molar-refractivity contribution is -0.125. The van der Waals surface area contributed by atoms with Crippen molar-refractivity contribution in [2.24, 2.45) is 11.8 Å². The molecule has 0 spiro atoms. The van der Waals surface area contributed by atoms with Crippen molar-refractivity contribution >= 4 is 23.2 Å². The number of nitrogens with two attached hydrogens (primary N) is 1. The van der Waals surface area contributed by atoms with E-state index < -0.39 is 0 Å². The molecule has 3 aliphatic rings. The van der Waals surface area contributed by atoms with Crippen LogP contribution in [0.15, 0.2) is 12.1 Å². The first-order valence-corrected chi connectivity index (χ1v) is 9.90. The van der Waals surface area contributed by atoms with Crippen LogP contribution in [0.2, 0.25) is 0 Å². The molecule has 1 aromatic carbocycles. The molecule has 1 heterocycles. The van der Waals surface area contributed by atoms with Crippen molar-refractivity contribution in [2.45, 2.75) is 57.4 Å². The summed E-state index contributed by atoms with van der Waals surface area (Å²) in [7, 11) is 0. The van der Waals surface area contributed by atoms with E-state index in [1.165, 1.54) is 0 Å². The number of benzene rings is 1. The molecule has 2 aliphatic carbocycles. The second-order valence-electron chi connectivity index (χ2n) is 7.82. The Morgan fingerprint density at radius 1 is 0.889 bits per heavy atom. The van der Waals surface area contributed by atoms with Crippen molar-refractivity contribution in [1.82, 2.24) is 5.32 Å². The zero-order valence-corrected chi connectivity index (χ0v) is 15.5. The summed E-state index contributed by atoms with van der Waals surface area (Å²) in [6, 6.07) is 3.58. The first-order chi connectivity index (χ1) is 13.1. The van der Waals surface area contributed by atoms with Gasteiger partial charge in [-0.05, 0) is 38.5 Å². The standard InChI is InChI=1S/C20H27N3O4/c21-15-9-17-18(27-11-26-17)10-16(15)23-20(25)13-5-7-14(8-6-13)22-19(24)12-3-1-2-4-12/h9-10,12-14H,1-8,11,21H2,(H,22,24)(H,23,25). The molecule has 2 fully saturated rings. The van der Waals surface area contributed by atoms with Gasteiger partial charge in [0.05, 0.1) is 11.4 Å². The van der Waals surface area contributed by atoms with Gasteiger partial charge in [-0.1, -0.05) is 12.8 Å². The number of amides is 2. The Balaban J connectivity index is 1.28. The van der Waals surface area contributed by atoms with E-state index >= 15 is 0 Å². The average Bonchev–Trinajstić information content (AvgIpc) is 3.34. The molecule has 2 amide bonds. The maximum absolute atomic E-state index is 12.6. The first kappa shape index (κ1) is 17.9. The summed E-state index contributed by atoms with van der Waals surface area (Å²) in [5, 5.41) is 6.11. The minimum absolute atomic E-state index is 0.0267. The highest BCUT2D eigenvalue weighted by Gasteiger charge is 2.30. The molecule has 0 saturated heterocycles. The molecule has 27 heavy (non-hydrogen) atoms. The van der Waals surface area contributed by atoms with Crippen LogP contribution in [0.1, 0.15) is 51.4 Å². The SMILES string of the molecule is Nc1cc2c(cc1NC(=O)C1CCC(NC(=O)C3CCCC3)CC1)OCO2. The van der Waals surface area contributed by atoms with Crippen molar-refractivity contribution in [3.8, 4) is 11.5 Å². The highest BCUT2D eigenvalue weighted by Crippen LogP contribution is 2.38. The minimum atomic E-state index is -0.0607. The third kappa shape index (κ3) is 3.96. The fourth-order valence-corrected chi connectivity index (χ4v) is 4.31. The predicted molar refractivity (Wildman–Crippen MR) is 101 cm³/mol. The van der Waals surface area contributed by atoms with E-state index in [9.17, 15) is 9.59 Å². The van der Waals surface area contributed by atoms with Crippen molar-refractivity contribution < 1.29 is 19.1 Å². The van der Waals surface area contributed by atoms with Gasteiger partial charge < -0.3 is 25.8 Å². The third-order valence-electron chi connectivity index (χ3n) is 5.97. The Morgan fingerprint density at radius 2 is 1.52 bits per heavy atom. The zero-order chi connectivity index (χ0) is 18.8. The Morgan fingerprint density at radius 3 is 2.22 bits per heavy atom. The van der Waals surface area contributed by atoms with Gasteiger partial charge in [-0.3, -0.25) is 9.59 Å². The first-order valence-electron chi connectivity index (χ1n) is 9.90. The fraction of sp³-hybridized carbons (Fsp3) is 0.600. The fourth-order valence-electron chi connectivity index (χ4n) is 4.31. The number of nitrogen functional groups attached to an aromatic ring is 1. The number of carbonyl (C=O) groups is 2. The topological polar surface area (TPSA) is 103 Å². The van der Waals surface area contributed by atoms with Gasteiger partial charge in [-0.2, -0.15) is 0 Å². The maximum atomic E-state index is 12.6. The van der Waals surface area contributed by atoms with Crippen LogP contribution in [0.5, 0.6) is 11.5 Å². The van der Waals surface area contributed by atoms with E-state index in [1.807, 2.05) is 0 Å². The molecule has 4 N–H and O–H groups in total. The predicted octanol–water partition coefficient (Wildman–Crippen LogP) is 2.80. The molecular formula is C20H27N3O4. The molecule has 146 valence electrons. The Hall–Kier alpha value is -2.44. The lowest BCUT2D eigenvalue weighted by Crippen LogP contribution is -2.41. The third-order valence-corrected chi connectivity index (χ3v) is 5.97. The van der Waals surface area contributed by atoms with Gasteiger partial charge in [0.15, 0.2) is 11.5 Å². The normalized spacial score (nSPS) is 24.6. The van der Waals surface area contributed by atoms with Gasteiger partial charge in [0, 0.05) is 30.0 Å². The summed E-state index contributed by atoms with van der Waals surface area (Å²) in [5.74, 6) is 1.51. The second kappa shape index (κ2) is 7.66. The molecule has 0 radical (unpaired) electrons. The molecule has 1 aliphatic heterocycles. The van der Waals surface area contributed by atoms with Gasteiger partial charge in [0.2, 0.25) is 18.6 Å². The van der Waals surface area contributed by atoms with Crippen LogP contribution in [0.3, 0.4) is 0 Å². The van der Waals surface area contributed by atoms with E-state index in [0.717, 1.165) is 51.4 Å². The largest absolute Gasteiger partial charge is 0.454 e. The number of carbonyl (C=O) groups excluding carboxylic acids is 2. The number of nitrogens with one attached hydrogen (secondary N) is 2. The van der Waals surface area contributed by atoms with Crippen LogP contribution in [0, 0.1) is 11.8 Å². The van der Waals surface area contributed by atoms with Crippen molar-refractivity contribution in [1.29, 1.82) is 0 Å². The van der Waals surface area contributed by atoms with E-state index in [4.69, 9.17) is 15.2 Å². The summed E-state index contributed by atoms with van der Waals surface area (Å²) in [6.45, 7) is 0.169. The molecule has 0 unspecified atom stereocenters. The minimum Gasteiger partial charge on any atom is -0.454 e. The van der Waals surface area contributed by atoms with E-state index in [0.29, 0.717) is 22.9 Å². The second-order valence-corrected chi connectivity index (χ2v) is 7.82. The van der Waals surface area contributed by atoms with E-state index in [-0.39, 0.29) is 36.5 Å². The summed E-state index contributed by atoms with van der Waals surface area (Å²) in [6.07, 6.45) is 7.57. The van der Waals surface area contributed by atoms with Crippen LogP contribution in [0.4, 0.5) is 11.4 Å². The quantitative estimate of drug-likeness (QED) is 0.704. The molecular weight excluding hydrogens is 346 g/mol. The highest BCUT2D eigenvalue weighted by molar-refractivity contribution is 5.96. The van der Waals surface area contributed by atoms with E-state index in [1.54, 1.807) is 12.1 Å². The highest BCUT2D eigenvalue weighted by atomic mass is 16.7. The van der Waals surface area contributed by atoms with Gasteiger partial charge in [-0.25, -0.2) is 0 Å². The van der Waals surface area contributed by atoms with Gasteiger partial charge in [0.25, 0.3) is 0 Å². The molecule has 0 atom stereocenters. The number of rotatable bonds is 4. The molecule has 1 aromatic rings. The van der Waals surface area contributed by atoms with Gasteiger partial charge in [0.1, 0.15) is 0 Å². The van der Waals surface area contributed by atoms with Crippen molar-refractivity contribution in [3.05, 3.63) is 12.1 Å². The number of hydrogen-bond donors (Lipinski definition) is 3. The van der Waals surface area contributed by atoms with Crippen molar-refractivity contribution in [2.75, 3.05) is 17.8 Å². The number of anilines is 2. The Bertz CT molecular complexity index is 722. The number of fused-ring (bicyclic) bond motifs is 1. The summed E-state index contributed by atoms with van der Waals surface area (Å²) < 4.78 is 10.6. The molecule has 4 rings (SSSR count). The Labute approximate surface area is 159 Å². The molecule has 7 nitrogen and oxygen atoms in total. The lowest BCUT2D eigenvalue weighted by atomic mass is 9.85. The molecule has 7 heteroatoms. The Kier molecular flexibility index (Phi) is 5.09. The maximum Gasteiger partial charge on any atom is 0.231 e. The van der Waals surface area contributed by atoms with Crippen LogP contribution < -0.4 is 25.8 Å². The smallest absolute Gasteiger partial charge is 0.231 e. The molecule has 0 aromatic heterocycles. The van der Waals surface area contributed by atoms with E-state index in [2.05, 4.69) is 10.6 Å². The molecule has 0 bridgehead atoms. The summed E-state index contributed by atoms with van der Waals surface area (Å²) in [5.41, 5.74) is 7.03. The number of hydrogen-bond acceptors (Lipinski definition) is 5. The van der Waals surface area contributed by atoms with Gasteiger partial charge >= 0.3 is 0 Å². The van der Waals surface area contributed by atoms with Crippen LogP contribution in [-0.4, -0.2) is 24.6 Å². The zero-order valence-electron chi connectivity index (χ0n) is 15.5. The average molecular weight is 373 g/mol.